The molecule has 0 amide bonds. The summed E-state index contributed by atoms with van der Waals surface area (Å²) in [7, 11) is 0. The van der Waals surface area contributed by atoms with Crippen molar-refractivity contribution in [2.45, 2.75) is 52.5 Å². The van der Waals surface area contributed by atoms with Gasteiger partial charge in [0.1, 0.15) is 11.5 Å². The first kappa shape index (κ1) is 19.2. The lowest BCUT2D eigenvalue weighted by Crippen LogP contribution is -2.06. The van der Waals surface area contributed by atoms with Crippen LogP contribution in [0.3, 0.4) is 0 Å². The molecule has 0 heterocycles. The number of anilines is 1. The third-order valence-electron chi connectivity index (χ3n) is 4.09. The number of nitrogens with one attached hydrogen (secondary N) is 1. The molecule has 0 aliphatic carbocycles. The van der Waals surface area contributed by atoms with E-state index in [-0.39, 0.29) is 0 Å². The van der Waals surface area contributed by atoms with Crippen LogP contribution < -0.4 is 14.8 Å². The van der Waals surface area contributed by atoms with E-state index in [9.17, 15) is 0 Å². The number of para-hydroxylation sites is 3. The van der Waals surface area contributed by atoms with Gasteiger partial charge < -0.3 is 14.8 Å². The number of rotatable bonds is 12. The molecule has 0 fully saturated rings. The molecule has 0 unspecified atom stereocenters. The van der Waals surface area contributed by atoms with Crippen LogP contribution in [-0.4, -0.2) is 13.2 Å². The SMILES string of the molecule is CCCCCOc1ccccc1CNc1ccccc1OCCCC. The quantitative estimate of drug-likeness (QED) is 0.477. The van der Waals surface area contributed by atoms with Crippen LogP contribution in [0.15, 0.2) is 48.5 Å². The molecule has 0 atom stereocenters. The lowest BCUT2D eigenvalue weighted by atomic mass is 10.2. The largest absolute Gasteiger partial charge is 0.493 e. The number of hydrogen-bond donors (Lipinski definition) is 1. The predicted octanol–water partition coefficient (Wildman–Crippen LogP) is 6.05. The molecule has 0 bridgehead atoms. The highest BCUT2D eigenvalue weighted by Crippen LogP contribution is 2.26. The van der Waals surface area contributed by atoms with Crippen molar-refractivity contribution in [3.05, 3.63) is 54.1 Å². The molecule has 0 aromatic heterocycles. The zero-order valence-electron chi connectivity index (χ0n) is 15.6. The van der Waals surface area contributed by atoms with Gasteiger partial charge in [0.15, 0.2) is 0 Å². The van der Waals surface area contributed by atoms with E-state index < -0.39 is 0 Å². The van der Waals surface area contributed by atoms with E-state index in [1.165, 1.54) is 18.4 Å². The second-order valence-electron chi connectivity index (χ2n) is 6.22. The van der Waals surface area contributed by atoms with E-state index in [0.717, 1.165) is 56.2 Å². The Hall–Kier alpha value is -2.16. The van der Waals surface area contributed by atoms with Gasteiger partial charge in [0, 0.05) is 12.1 Å². The average molecular weight is 341 g/mol. The number of benzene rings is 2. The second kappa shape index (κ2) is 11.4. The number of unbranched alkanes of at least 4 members (excludes halogenated alkanes) is 3. The van der Waals surface area contributed by atoms with Gasteiger partial charge in [-0.05, 0) is 31.0 Å². The fourth-order valence-corrected chi connectivity index (χ4v) is 2.58. The lowest BCUT2D eigenvalue weighted by molar-refractivity contribution is 0.303. The first-order chi connectivity index (χ1) is 12.3. The molecule has 25 heavy (non-hydrogen) atoms. The minimum absolute atomic E-state index is 0.720. The van der Waals surface area contributed by atoms with Gasteiger partial charge in [-0.15, -0.1) is 0 Å². The molecule has 0 radical (unpaired) electrons. The van der Waals surface area contributed by atoms with Crippen molar-refractivity contribution in [3.8, 4) is 11.5 Å². The van der Waals surface area contributed by atoms with Gasteiger partial charge in [-0.25, -0.2) is 0 Å². The van der Waals surface area contributed by atoms with Crippen molar-refractivity contribution < 1.29 is 9.47 Å². The van der Waals surface area contributed by atoms with Gasteiger partial charge in [0.25, 0.3) is 0 Å². The minimum atomic E-state index is 0.720. The Morgan fingerprint density at radius 3 is 2.16 bits per heavy atom. The van der Waals surface area contributed by atoms with Crippen LogP contribution in [0.2, 0.25) is 0 Å². The zero-order chi connectivity index (χ0) is 17.7. The van der Waals surface area contributed by atoms with Crippen LogP contribution >= 0.6 is 0 Å². The second-order valence-corrected chi connectivity index (χ2v) is 6.22. The third kappa shape index (κ3) is 6.69. The molecule has 2 aromatic rings. The Balaban J connectivity index is 1.95. The maximum absolute atomic E-state index is 5.97. The Morgan fingerprint density at radius 2 is 1.36 bits per heavy atom. The van der Waals surface area contributed by atoms with Gasteiger partial charge >= 0.3 is 0 Å². The van der Waals surface area contributed by atoms with Crippen LogP contribution in [0.25, 0.3) is 0 Å². The summed E-state index contributed by atoms with van der Waals surface area (Å²) >= 11 is 0. The molecule has 0 saturated heterocycles. The van der Waals surface area contributed by atoms with Crippen LogP contribution in [0.1, 0.15) is 51.5 Å². The Labute approximate surface area is 152 Å². The molecule has 2 rings (SSSR count). The highest BCUT2D eigenvalue weighted by Gasteiger charge is 2.06. The molecule has 136 valence electrons. The van der Waals surface area contributed by atoms with E-state index in [2.05, 4.69) is 37.4 Å². The van der Waals surface area contributed by atoms with Gasteiger partial charge in [-0.2, -0.15) is 0 Å². The molecule has 0 aliphatic rings. The van der Waals surface area contributed by atoms with Crippen molar-refractivity contribution in [1.82, 2.24) is 0 Å². The summed E-state index contributed by atoms with van der Waals surface area (Å²) in [4.78, 5) is 0. The Morgan fingerprint density at radius 1 is 0.720 bits per heavy atom. The van der Waals surface area contributed by atoms with Crippen LogP contribution in [-0.2, 0) is 6.54 Å². The molecule has 3 nitrogen and oxygen atoms in total. The third-order valence-corrected chi connectivity index (χ3v) is 4.09. The molecule has 1 N–H and O–H groups in total. The summed E-state index contributed by atoms with van der Waals surface area (Å²) in [5.41, 5.74) is 2.20. The molecule has 3 heteroatoms. The fourth-order valence-electron chi connectivity index (χ4n) is 2.58. The van der Waals surface area contributed by atoms with Crippen LogP contribution in [0.4, 0.5) is 5.69 Å². The Kier molecular flexibility index (Phi) is 8.74. The van der Waals surface area contributed by atoms with Gasteiger partial charge in [0.2, 0.25) is 0 Å². The summed E-state index contributed by atoms with van der Waals surface area (Å²) in [5.74, 6) is 1.88. The van der Waals surface area contributed by atoms with Crippen molar-refractivity contribution in [1.29, 1.82) is 0 Å². The maximum atomic E-state index is 5.97. The van der Waals surface area contributed by atoms with Crippen molar-refractivity contribution in [2.75, 3.05) is 18.5 Å². The molecule has 0 saturated carbocycles. The summed E-state index contributed by atoms with van der Waals surface area (Å²) < 4.78 is 11.9. The van der Waals surface area contributed by atoms with Gasteiger partial charge in [0.05, 0.1) is 18.9 Å². The van der Waals surface area contributed by atoms with Crippen molar-refractivity contribution in [2.24, 2.45) is 0 Å². The first-order valence-electron chi connectivity index (χ1n) is 9.51. The number of ether oxygens (including phenoxy) is 2. The fraction of sp³-hybridized carbons (Fsp3) is 0.455. The zero-order valence-corrected chi connectivity index (χ0v) is 15.6. The summed E-state index contributed by atoms with van der Waals surface area (Å²) in [6, 6.07) is 16.4. The van der Waals surface area contributed by atoms with E-state index in [1.54, 1.807) is 0 Å². The smallest absolute Gasteiger partial charge is 0.142 e. The first-order valence-corrected chi connectivity index (χ1v) is 9.51. The molecule has 0 spiro atoms. The molecular formula is C22H31NO2. The van der Waals surface area contributed by atoms with E-state index >= 15 is 0 Å². The monoisotopic (exact) mass is 341 g/mol. The van der Waals surface area contributed by atoms with Crippen LogP contribution in [0, 0.1) is 0 Å². The van der Waals surface area contributed by atoms with Gasteiger partial charge in [-0.1, -0.05) is 63.4 Å². The van der Waals surface area contributed by atoms with E-state index in [0.29, 0.717) is 0 Å². The highest BCUT2D eigenvalue weighted by atomic mass is 16.5. The minimum Gasteiger partial charge on any atom is -0.493 e. The van der Waals surface area contributed by atoms with Crippen molar-refractivity contribution >= 4 is 5.69 Å². The summed E-state index contributed by atoms with van der Waals surface area (Å²) in [6.45, 7) is 6.63. The molecular weight excluding hydrogens is 310 g/mol. The van der Waals surface area contributed by atoms with E-state index in [4.69, 9.17) is 9.47 Å². The van der Waals surface area contributed by atoms with E-state index in [1.807, 2.05) is 30.3 Å². The van der Waals surface area contributed by atoms with Crippen LogP contribution in [0.5, 0.6) is 11.5 Å². The van der Waals surface area contributed by atoms with Gasteiger partial charge in [-0.3, -0.25) is 0 Å². The lowest BCUT2D eigenvalue weighted by Gasteiger charge is -2.15. The molecule has 2 aromatic carbocycles. The maximum Gasteiger partial charge on any atom is 0.142 e. The van der Waals surface area contributed by atoms with Crippen molar-refractivity contribution in [3.63, 3.8) is 0 Å². The Bertz CT molecular complexity index is 612. The normalized spacial score (nSPS) is 10.5. The standard InChI is InChI=1S/C22H31NO2/c1-3-5-11-17-24-21-14-9-7-12-19(21)18-23-20-13-8-10-15-22(20)25-16-6-4-2/h7-10,12-15,23H,3-6,11,16-18H2,1-2H3. The summed E-state index contributed by atoms with van der Waals surface area (Å²) in [6.07, 6.45) is 5.73. The highest BCUT2D eigenvalue weighted by molar-refractivity contribution is 5.56. The molecule has 0 aliphatic heterocycles. The summed E-state index contributed by atoms with van der Waals surface area (Å²) in [5, 5.41) is 3.49. The predicted molar refractivity (Wildman–Crippen MR) is 106 cm³/mol. The number of hydrogen-bond acceptors (Lipinski definition) is 3. The topological polar surface area (TPSA) is 30.5 Å². The average Bonchev–Trinajstić information content (AvgIpc) is 2.65.